The van der Waals surface area contributed by atoms with E-state index in [2.05, 4.69) is 15.6 Å². The molecule has 0 aliphatic carbocycles. The summed E-state index contributed by atoms with van der Waals surface area (Å²) in [5, 5.41) is 5.74. The van der Waals surface area contributed by atoms with Crippen LogP contribution in [0.15, 0.2) is 41.2 Å². The van der Waals surface area contributed by atoms with Gasteiger partial charge in [0.05, 0.1) is 19.2 Å². The Kier molecular flexibility index (Phi) is 4.34. The number of amides is 1. The van der Waals surface area contributed by atoms with E-state index in [1.54, 1.807) is 18.0 Å². The van der Waals surface area contributed by atoms with E-state index in [0.717, 1.165) is 11.3 Å². The smallest absolute Gasteiger partial charge is 0.251 e. The number of fused-ring (bicyclic) bond motifs is 1. The number of nitrogens with one attached hydrogen (secondary N) is 1. The van der Waals surface area contributed by atoms with Crippen molar-refractivity contribution >= 4 is 5.91 Å². The molecule has 0 spiro atoms. The fourth-order valence-electron chi connectivity index (χ4n) is 3.31. The van der Waals surface area contributed by atoms with Crippen LogP contribution in [0.3, 0.4) is 0 Å². The van der Waals surface area contributed by atoms with Gasteiger partial charge >= 0.3 is 0 Å². The standard InChI is InChI=1S/C18H21N5O3/c1-3-25-14-6-4-13(5-7-14)15-10-16-18(24)22(8-9-23(16)20-15)11-17-19-12(2)26-21-17/h4-9,15-16,20H,3,10-11H2,1-2H3. The zero-order valence-corrected chi connectivity index (χ0v) is 14.8. The average Bonchev–Trinajstić information content (AvgIpc) is 3.25. The Bertz CT molecular complexity index is 816. The largest absolute Gasteiger partial charge is 0.494 e. The second-order valence-corrected chi connectivity index (χ2v) is 6.34. The molecule has 2 aromatic rings. The summed E-state index contributed by atoms with van der Waals surface area (Å²) in [4.78, 5) is 18.6. The van der Waals surface area contributed by atoms with Crippen molar-refractivity contribution in [3.05, 3.63) is 53.9 Å². The van der Waals surface area contributed by atoms with Crippen LogP contribution in [0.2, 0.25) is 0 Å². The molecule has 0 radical (unpaired) electrons. The summed E-state index contributed by atoms with van der Waals surface area (Å²) >= 11 is 0. The Labute approximate surface area is 151 Å². The summed E-state index contributed by atoms with van der Waals surface area (Å²) in [6.45, 7) is 4.65. The van der Waals surface area contributed by atoms with E-state index in [1.165, 1.54) is 0 Å². The van der Waals surface area contributed by atoms with Crippen molar-refractivity contribution in [3.63, 3.8) is 0 Å². The second kappa shape index (κ2) is 6.80. The SMILES string of the molecule is CCOc1ccc(C2CC3C(=O)N(Cc4noc(C)n4)C=CN3N2)cc1. The van der Waals surface area contributed by atoms with Crippen molar-refractivity contribution in [1.82, 2.24) is 25.5 Å². The lowest BCUT2D eigenvalue weighted by Crippen LogP contribution is -2.47. The number of ether oxygens (including phenoxy) is 1. The van der Waals surface area contributed by atoms with E-state index >= 15 is 0 Å². The van der Waals surface area contributed by atoms with Crippen LogP contribution in [0.5, 0.6) is 5.75 Å². The number of nitrogens with zero attached hydrogens (tertiary/aromatic N) is 4. The van der Waals surface area contributed by atoms with Gasteiger partial charge in [-0.3, -0.25) is 4.79 Å². The van der Waals surface area contributed by atoms with Crippen molar-refractivity contribution in [2.24, 2.45) is 0 Å². The van der Waals surface area contributed by atoms with Gasteiger partial charge in [0.2, 0.25) is 5.89 Å². The minimum absolute atomic E-state index is 0.0240. The normalized spacial score (nSPS) is 22.0. The fraction of sp³-hybridized carbons (Fsp3) is 0.389. The van der Waals surface area contributed by atoms with Crippen molar-refractivity contribution in [1.29, 1.82) is 0 Å². The lowest BCUT2D eigenvalue weighted by molar-refractivity contribution is -0.135. The zero-order chi connectivity index (χ0) is 18.1. The molecule has 1 saturated heterocycles. The maximum Gasteiger partial charge on any atom is 0.251 e. The number of hydrogen-bond acceptors (Lipinski definition) is 7. The molecule has 0 bridgehead atoms. The van der Waals surface area contributed by atoms with Crippen molar-refractivity contribution in [3.8, 4) is 5.75 Å². The zero-order valence-electron chi connectivity index (χ0n) is 14.8. The van der Waals surface area contributed by atoms with Crippen LogP contribution in [0.4, 0.5) is 0 Å². The third kappa shape index (κ3) is 3.15. The maximum atomic E-state index is 12.8. The molecule has 1 fully saturated rings. The van der Waals surface area contributed by atoms with Gasteiger partial charge in [0, 0.05) is 19.3 Å². The Balaban J connectivity index is 1.44. The summed E-state index contributed by atoms with van der Waals surface area (Å²) in [5.41, 5.74) is 4.52. The topological polar surface area (TPSA) is 83.7 Å². The Morgan fingerprint density at radius 2 is 2.12 bits per heavy atom. The van der Waals surface area contributed by atoms with E-state index in [9.17, 15) is 4.79 Å². The summed E-state index contributed by atoms with van der Waals surface area (Å²) in [7, 11) is 0. The van der Waals surface area contributed by atoms with Crippen molar-refractivity contribution in [2.45, 2.75) is 38.9 Å². The van der Waals surface area contributed by atoms with E-state index < -0.39 is 0 Å². The molecular weight excluding hydrogens is 334 g/mol. The summed E-state index contributed by atoms with van der Waals surface area (Å²) in [6, 6.07) is 7.83. The van der Waals surface area contributed by atoms with Gasteiger partial charge in [-0.25, -0.2) is 5.43 Å². The molecule has 2 aliphatic rings. The molecule has 8 heteroatoms. The number of rotatable bonds is 5. The monoisotopic (exact) mass is 355 g/mol. The molecule has 1 N–H and O–H groups in total. The van der Waals surface area contributed by atoms with Gasteiger partial charge in [-0.2, -0.15) is 4.98 Å². The van der Waals surface area contributed by atoms with Crippen molar-refractivity contribution in [2.75, 3.05) is 6.61 Å². The van der Waals surface area contributed by atoms with Crippen LogP contribution in [0.25, 0.3) is 0 Å². The van der Waals surface area contributed by atoms with Gasteiger partial charge in [0.15, 0.2) is 5.82 Å². The highest BCUT2D eigenvalue weighted by atomic mass is 16.5. The highest BCUT2D eigenvalue weighted by molar-refractivity contribution is 5.84. The van der Waals surface area contributed by atoms with Crippen LogP contribution in [-0.4, -0.2) is 38.6 Å². The minimum atomic E-state index is -0.246. The van der Waals surface area contributed by atoms with Crippen LogP contribution in [0, 0.1) is 6.92 Å². The number of benzene rings is 1. The first-order valence-corrected chi connectivity index (χ1v) is 8.69. The van der Waals surface area contributed by atoms with E-state index in [0.29, 0.717) is 31.3 Å². The molecule has 2 unspecified atom stereocenters. The maximum absolute atomic E-state index is 12.8. The van der Waals surface area contributed by atoms with Crippen LogP contribution in [0.1, 0.15) is 36.7 Å². The van der Waals surface area contributed by atoms with E-state index in [-0.39, 0.29) is 18.0 Å². The number of hydrazine groups is 1. The highest BCUT2D eigenvalue weighted by Gasteiger charge is 2.40. The lowest BCUT2D eigenvalue weighted by Gasteiger charge is -2.31. The third-order valence-corrected chi connectivity index (χ3v) is 4.55. The third-order valence-electron chi connectivity index (χ3n) is 4.55. The van der Waals surface area contributed by atoms with Crippen LogP contribution >= 0.6 is 0 Å². The molecule has 8 nitrogen and oxygen atoms in total. The number of carbonyl (C=O) groups excluding carboxylic acids is 1. The quantitative estimate of drug-likeness (QED) is 0.877. The second-order valence-electron chi connectivity index (χ2n) is 6.34. The van der Waals surface area contributed by atoms with Gasteiger partial charge in [-0.05, 0) is 31.0 Å². The first-order chi connectivity index (χ1) is 12.6. The predicted octanol–water partition coefficient (Wildman–Crippen LogP) is 1.91. The van der Waals surface area contributed by atoms with Crippen LogP contribution < -0.4 is 10.2 Å². The summed E-state index contributed by atoms with van der Waals surface area (Å²) in [5.74, 6) is 1.87. The Hall–Kier alpha value is -2.87. The molecule has 4 rings (SSSR count). The van der Waals surface area contributed by atoms with Crippen LogP contribution in [-0.2, 0) is 11.3 Å². The average molecular weight is 355 g/mol. The predicted molar refractivity (Wildman–Crippen MR) is 92.5 cm³/mol. The van der Waals surface area contributed by atoms with Crippen molar-refractivity contribution < 1.29 is 14.1 Å². The van der Waals surface area contributed by atoms with E-state index in [4.69, 9.17) is 9.26 Å². The number of aryl methyl sites for hydroxylation is 1. The van der Waals surface area contributed by atoms with Gasteiger partial charge in [-0.1, -0.05) is 17.3 Å². The molecular formula is C18H21N5O3. The molecule has 1 amide bonds. The first-order valence-electron chi connectivity index (χ1n) is 8.69. The minimum Gasteiger partial charge on any atom is -0.494 e. The molecule has 26 heavy (non-hydrogen) atoms. The Morgan fingerprint density at radius 1 is 1.31 bits per heavy atom. The summed E-state index contributed by atoms with van der Waals surface area (Å²) < 4.78 is 10.5. The molecule has 1 aromatic carbocycles. The summed E-state index contributed by atoms with van der Waals surface area (Å²) in [6.07, 6.45) is 4.32. The molecule has 2 aliphatic heterocycles. The Morgan fingerprint density at radius 3 is 2.81 bits per heavy atom. The van der Waals surface area contributed by atoms with Gasteiger partial charge in [-0.15, -0.1) is 0 Å². The fourth-order valence-corrected chi connectivity index (χ4v) is 3.31. The van der Waals surface area contributed by atoms with Gasteiger partial charge < -0.3 is 19.2 Å². The number of aromatic nitrogens is 2. The lowest BCUT2D eigenvalue weighted by atomic mass is 10.0. The highest BCUT2D eigenvalue weighted by Crippen LogP contribution is 2.31. The number of hydrogen-bond donors (Lipinski definition) is 1. The molecule has 2 atom stereocenters. The molecule has 136 valence electrons. The molecule has 1 aromatic heterocycles. The van der Waals surface area contributed by atoms with Gasteiger partial charge in [0.1, 0.15) is 11.8 Å². The van der Waals surface area contributed by atoms with E-state index in [1.807, 2.05) is 42.4 Å². The number of carbonyl (C=O) groups is 1. The first kappa shape index (κ1) is 16.6. The van der Waals surface area contributed by atoms with Gasteiger partial charge in [0.25, 0.3) is 5.91 Å². The molecule has 0 saturated carbocycles. The molecule has 3 heterocycles.